The maximum atomic E-state index is 12.2. The first-order chi connectivity index (χ1) is 9.92. The summed E-state index contributed by atoms with van der Waals surface area (Å²) < 4.78 is 26.8. The largest absolute Gasteiger partial charge is 0.324 e. The van der Waals surface area contributed by atoms with E-state index in [-0.39, 0.29) is 17.2 Å². The fourth-order valence-electron chi connectivity index (χ4n) is 1.77. The second-order valence-corrected chi connectivity index (χ2v) is 6.31. The minimum Gasteiger partial charge on any atom is -0.324 e. The molecule has 0 saturated heterocycles. The van der Waals surface area contributed by atoms with Crippen LogP contribution in [0, 0.1) is 6.92 Å². The smallest absolute Gasteiger partial charge is 0.261 e. The van der Waals surface area contributed by atoms with Crippen LogP contribution in [-0.2, 0) is 10.0 Å². The lowest BCUT2D eigenvalue weighted by Crippen LogP contribution is -2.14. The average Bonchev–Trinajstić information content (AvgIpc) is 2.47. The number of carbonyl (C=O) groups excluding carboxylic acids is 1. The van der Waals surface area contributed by atoms with Gasteiger partial charge in [-0.1, -0.05) is 17.7 Å². The zero-order valence-corrected chi connectivity index (χ0v) is 12.4. The molecule has 2 aromatic rings. The SMILES string of the molecule is Cc1ccc(S(=O)(=O)Nc2ccc(C(=O)CN)cc2)cc1. The topological polar surface area (TPSA) is 89.3 Å². The minimum atomic E-state index is -3.63. The van der Waals surface area contributed by atoms with E-state index in [1.54, 1.807) is 36.4 Å². The Morgan fingerprint density at radius 1 is 1.05 bits per heavy atom. The van der Waals surface area contributed by atoms with Gasteiger partial charge in [0.05, 0.1) is 11.4 Å². The monoisotopic (exact) mass is 304 g/mol. The van der Waals surface area contributed by atoms with Crippen molar-refractivity contribution in [2.45, 2.75) is 11.8 Å². The molecule has 2 rings (SSSR count). The van der Waals surface area contributed by atoms with Gasteiger partial charge in [-0.2, -0.15) is 0 Å². The van der Waals surface area contributed by atoms with Crippen molar-refractivity contribution in [1.82, 2.24) is 0 Å². The highest BCUT2D eigenvalue weighted by Crippen LogP contribution is 2.17. The molecule has 0 atom stereocenters. The summed E-state index contributed by atoms with van der Waals surface area (Å²) >= 11 is 0. The highest BCUT2D eigenvalue weighted by Gasteiger charge is 2.14. The van der Waals surface area contributed by atoms with E-state index >= 15 is 0 Å². The van der Waals surface area contributed by atoms with Crippen LogP contribution in [0.4, 0.5) is 5.69 Å². The molecule has 0 aromatic heterocycles. The van der Waals surface area contributed by atoms with Gasteiger partial charge in [0.2, 0.25) is 0 Å². The van der Waals surface area contributed by atoms with Crippen molar-refractivity contribution in [3.05, 3.63) is 59.7 Å². The predicted molar refractivity (Wildman–Crippen MR) is 81.8 cm³/mol. The van der Waals surface area contributed by atoms with Crippen LogP contribution in [0.2, 0.25) is 0 Å². The summed E-state index contributed by atoms with van der Waals surface area (Å²) in [4.78, 5) is 11.6. The molecule has 0 unspecified atom stereocenters. The van der Waals surface area contributed by atoms with Gasteiger partial charge in [-0.25, -0.2) is 8.42 Å². The summed E-state index contributed by atoms with van der Waals surface area (Å²) in [5.41, 5.74) is 7.10. The first kappa shape index (κ1) is 15.2. The van der Waals surface area contributed by atoms with Crippen molar-refractivity contribution in [3.8, 4) is 0 Å². The molecule has 0 radical (unpaired) electrons. The fourth-order valence-corrected chi connectivity index (χ4v) is 2.83. The van der Waals surface area contributed by atoms with Gasteiger partial charge in [0.15, 0.2) is 5.78 Å². The number of anilines is 1. The van der Waals surface area contributed by atoms with Crippen LogP contribution < -0.4 is 10.5 Å². The summed E-state index contributed by atoms with van der Waals surface area (Å²) in [5, 5.41) is 0. The Hall–Kier alpha value is -2.18. The Kier molecular flexibility index (Phi) is 4.40. The third kappa shape index (κ3) is 3.68. The van der Waals surface area contributed by atoms with Gasteiger partial charge in [-0.05, 0) is 43.3 Å². The molecule has 6 heteroatoms. The Bertz CT molecular complexity index is 735. The van der Waals surface area contributed by atoms with Crippen molar-refractivity contribution in [3.63, 3.8) is 0 Å². The van der Waals surface area contributed by atoms with Gasteiger partial charge in [0.1, 0.15) is 0 Å². The third-order valence-electron chi connectivity index (χ3n) is 2.98. The lowest BCUT2D eigenvalue weighted by atomic mass is 10.1. The zero-order valence-electron chi connectivity index (χ0n) is 11.5. The molecule has 3 N–H and O–H groups in total. The highest BCUT2D eigenvalue weighted by atomic mass is 32.2. The molecule has 0 saturated carbocycles. The normalized spacial score (nSPS) is 11.1. The van der Waals surface area contributed by atoms with E-state index in [9.17, 15) is 13.2 Å². The van der Waals surface area contributed by atoms with Gasteiger partial charge in [0.25, 0.3) is 10.0 Å². The van der Waals surface area contributed by atoms with Crippen molar-refractivity contribution >= 4 is 21.5 Å². The van der Waals surface area contributed by atoms with Gasteiger partial charge >= 0.3 is 0 Å². The van der Waals surface area contributed by atoms with Crippen LogP contribution in [0.15, 0.2) is 53.4 Å². The molecule has 0 spiro atoms. The van der Waals surface area contributed by atoms with Crippen LogP contribution in [0.25, 0.3) is 0 Å². The van der Waals surface area contributed by atoms with Crippen LogP contribution in [0.3, 0.4) is 0 Å². The number of nitrogens with one attached hydrogen (secondary N) is 1. The van der Waals surface area contributed by atoms with Gasteiger partial charge in [-0.15, -0.1) is 0 Å². The molecule has 0 aliphatic rings. The van der Waals surface area contributed by atoms with E-state index in [4.69, 9.17) is 5.73 Å². The lowest BCUT2D eigenvalue weighted by Gasteiger charge is -2.09. The van der Waals surface area contributed by atoms with E-state index < -0.39 is 10.0 Å². The van der Waals surface area contributed by atoms with Gasteiger partial charge in [0, 0.05) is 11.3 Å². The quantitative estimate of drug-likeness (QED) is 0.826. The van der Waals surface area contributed by atoms with E-state index in [2.05, 4.69) is 4.72 Å². The van der Waals surface area contributed by atoms with Crippen molar-refractivity contribution < 1.29 is 13.2 Å². The Morgan fingerprint density at radius 2 is 1.62 bits per heavy atom. The van der Waals surface area contributed by atoms with E-state index in [1.165, 1.54) is 12.1 Å². The number of hydrogen-bond donors (Lipinski definition) is 2. The molecule has 0 heterocycles. The summed E-state index contributed by atoms with van der Waals surface area (Å²) in [7, 11) is -3.63. The average molecular weight is 304 g/mol. The summed E-state index contributed by atoms with van der Waals surface area (Å²) in [5.74, 6) is -0.192. The van der Waals surface area contributed by atoms with Crippen molar-refractivity contribution in [2.24, 2.45) is 5.73 Å². The van der Waals surface area contributed by atoms with Crippen LogP contribution in [-0.4, -0.2) is 20.7 Å². The highest BCUT2D eigenvalue weighted by molar-refractivity contribution is 7.92. The molecular formula is C15H16N2O3S. The van der Waals surface area contributed by atoms with Gasteiger partial charge in [-0.3, -0.25) is 9.52 Å². The molecule has 0 aliphatic carbocycles. The predicted octanol–water partition coefficient (Wildman–Crippen LogP) is 1.94. The maximum absolute atomic E-state index is 12.2. The Morgan fingerprint density at radius 3 is 2.14 bits per heavy atom. The third-order valence-corrected chi connectivity index (χ3v) is 4.37. The summed E-state index contributed by atoms with van der Waals surface area (Å²) in [6.07, 6.45) is 0. The van der Waals surface area contributed by atoms with Crippen LogP contribution >= 0.6 is 0 Å². The molecular weight excluding hydrogens is 288 g/mol. The first-order valence-electron chi connectivity index (χ1n) is 6.35. The minimum absolute atomic E-state index is 0.0750. The Balaban J connectivity index is 2.20. The van der Waals surface area contributed by atoms with Crippen molar-refractivity contribution in [2.75, 3.05) is 11.3 Å². The van der Waals surface area contributed by atoms with E-state index in [1.807, 2.05) is 6.92 Å². The fraction of sp³-hybridized carbons (Fsp3) is 0.133. The first-order valence-corrected chi connectivity index (χ1v) is 7.83. The maximum Gasteiger partial charge on any atom is 0.261 e. The number of nitrogens with two attached hydrogens (primary N) is 1. The molecule has 0 amide bonds. The summed E-state index contributed by atoms with van der Waals surface area (Å²) in [6.45, 7) is 1.81. The number of sulfonamides is 1. The van der Waals surface area contributed by atoms with Crippen LogP contribution in [0.1, 0.15) is 15.9 Å². The number of Topliss-reactive ketones (excluding diaryl/α,β-unsaturated/α-hetero) is 1. The molecule has 21 heavy (non-hydrogen) atoms. The second-order valence-electron chi connectivity index (χ2n) is 4.62. The van der Waals surface area contributed by atoms with Crippen LogP contribution in [0.5, 0.6) is 0 Å². The van der Waals surface area contributed by atoms with Gasteiger partial charge < -0.3 is 5.73 Å². The second kappa shape index (κ2) is 6.07. The molecule has 0 aliphatic heterocycles. The molecule has 110 valence electrons. The number of benzene rings is 2. The zero-order chi connectivity index (χ0) is 15.5. The molecule has 2 aromatic carbocycles. The molecule has 0 bridgehead atoms. The number of hydrogen-bond acceptors (Lipinski definition) is 4. The summed E-state index contributed by atoms with van der Waals surface area (Å²) in [6, 6.07) is 12.7. The number of ketones is 1. The van der Waals surface area contributed by atoms with Crippen molar-refractivity contribution in [1.29, 1.82) is 0 Å². The molecule has 5 nitrogen and oxygen atoms in total. The van der Waals surface area contributed by atoms with E-state index in [0.717, 1.165) is 5.56 Å². The number of rotatable bonds is 5. The Labute approximate surface area is 123 Å². The van der Waals surface area contributed by atoms with E-state index in [0.29, 0.717) is 11.3 Å². The number of carbonyl (C=O) groups is 1. The lowest BCUT2D eigenvalue weighted by molar-refractivity contribution is 0.100. The standard InChI is InChI=1S/C15H16N2O3S/c1-11-2-8-14(9-3-11)21(19,20)17-13-6-4-12(5-7-13)15(18)10-16/h2-9,17H,10,16H2,1H3. The number of aryl methyl sites for hydroxylation is 1. The molecule has 0 fully saturated rings.